The third-order valence-corrected chi connectivity index (χ3v) is 6.22. The van der Waals surface area contributed by atoms with Gasteiger partial charge in [0.1, 0.15) is 24.5 Å². The van der Waals surface area contributed by atoms with Gasteiger partial charge in [0.15, 0.2) is 0 Å². The smallest absolute Gasteiger partial charge is 0.224 e. The molecule has 0 bridgehead atoms. The zero-order chi connectivity index (χ0) is 21.8. The van der Waals surface area contributed by atoms with E-state index in [2.05, 4.69) is 32.6 Å². The van der Waals surface area contributed by atoms with Crippen LogP contribution in [0.4, 0.5) is 11.5 Å². The summed E-state index contributed by atoms with van der Waals surface area (Å²) in [5, 5.41) is 3.55. The molecule has 3 aromatic rings. The summed E-state index contributed by atoms with van der Waals surface area (Å²) in [6.45, 7) is 5.28. The number of aryl methyl sites for hydroxylation is 1. The number of benzene rings is 1. The fourth-order valence-electron chi connectivity index (χ4n) is 3.60. The lowest BCUT2D eigenvalue weighted by Gasteiger charge is -2.31. The van der Waals surface area contributed by atoms with E-state index in [4.69, 9.17) is 4.74 Å². The lowest BCUT2D eigenvalue weighted by Crippen LogP contribution is -2.36. The van der Waals surface area contributed by atoms with Gasteiger partial charge in [0, 0.05) is 42.6 Å². The van der Waals surface area contributed by atoms with Crippen molar-refractivity contribution in [2.45, 2.75) is 19.1 Å². The number of fused-ring (bicyclic) bond motifs is 1. The van der Waals surface area contributed by atoms with Crippen molar-refractivity contribution in [1.82, 2.24) is 15.0 Å². The lowest BCUT2D eigenvalue weighted by atomic mass is 10.1. The normalized spacial score (nSPS) is 13.8. The number of rotatable bonds is 6. The second-order valence-corrected chi connectivity index (χ2v) is 8.34. The average Bonchev–Trinajstić information content (AvgIpc) is 2.79. The largest absolute Gasteiger partial charge is 0.489 e. The highest BCUT2D eigenvalue weighted by Crippen LogP contribution is 2.41. The highest BCUT2D eigenvalue weighted by Gasteiger charge is 2.26. The number of nitrogens with one attached hydrogen (secondary N) is 1. The molecule has 0 spiro atoms. The van der Waals surface area contributed by atoms with Gasteiger partial charge in [0.25, 0.3) is 0 Å². The summed E-state index contributed by atoms with van der Waals surface area (Å²) in [5.74, 6) is 1.57. The molecule has 1 atom stereocenters. The summed E-state index contributed by atoms with van der Waals surface area (Å²) in [6.07, 6.45) is 5.45. The van der Waals surface area contributed by atoms with Crippen LogP contribution in [0.2, 0.25) is 0 Å². The van der Waals surface area contributed by atoms with E-state index in [1.165, 1.54) is 0 Å². The average molecular weight is 436 g/mol. The van der Waals surface area contributed by atoms with Crippen LogP contribution < -0.4 is 15.0 Å². The number of carbonyl (C=O) groups excluding carboxylic acids is 1. The summed E-state index contributed by atoms with van der Waals surface area (Å²) >= 11 is 1.73. The van der Waals surface area contributed by atoms with Crippen LogP contribution in [-0.4, -0.2) is 46.8 Å². The minimum atomic E-state index is 0.0274. The quantitative estimate of drug-likeness (QED) is 0.624. The number of hydrogen-bond donors (Lipinski definition) is 1. The van der Waals surface area contributed by atoms with Crippen LogP contribution in [0.25, 0.3) is 11.3 Å². The van der Waals surface area contributed by atoms with Crippen molar-refractivity contribution in [2.24, 2.45) is 0 Å². The van der Waals surface area contributed by atoms with Crippen LogP contribution in [0, 0.1) is 6.92 Å². The Balaban J connectivity index is 1.54. The number of para-hydroxylation sites is 1. The monoisotopic (exact) mass is 435 g/mol. The van der Waals surface area contributed by atoms with Crippen LogP contribution in [0.3, 0.4) is 0 Å². The van der Waals surface area contributed by atoms with Crippen molar-refractivity contribution in [2.75, 3.05) is 36.2 Å². The molecule has 1 unspecified atom stereocenters. The molecule has 8 heteroatoms. The Morgan fingerprint density at radius 1 is 1.26 bits per heavy atom. The first-order chi connectivity index (χ1) is 15.1. The molecule has 7 nitrogen and oxygen atoms in total. The van der Waals surface area contributed by atoms with Gasteiger partial charge in [0.2, 0.25) is 5.91 Å². The van der Waals surface area contributed by atoms with E-state index in [0.717, 1.165) is 39.8 Å². The van der Waals surface area contributed by atoms with Crippen molar-refractivity contribution in [3.05, 3.63) is 60.2 Å². The molecule has 1 aromatic carbocycles. The molecule has 1 aliphatic heterocycles. The van der Waals surface area contributed by atoms with Gasteiger partial charge in [-0.3, -0.25) is 9.78 Å². The number of aromatic nitrogens is 3. The number of carbonyl (C=O) groups is 1. The predicted octanol–water partition coefficient (Wildman–Crippen LogP) is 4.11. The van der Waals surface area contributed by atoms with E-state index >= 15 is 0 Å². The molecule has 160 valence electrons. The first kappa shape index (κ1) is 21.1. The number of hydrogen-bond acceptors (Lipinski definition) is 7. The van der Waals surface area contributed by atoms with Crippen LogP contribution in [0.1, 0.15) is 23.4 Å². The summed E-state index contributed by atoms with van der Waals surface area (Å²) in [5.41, 5.74) is 4.65. The van der Waals surface area contributed by atoms with Crippen molar-refractivity contribution < 1.29 is 9.53 Å². The van der Waals surface area contributed by atoms with Crippen molar-refractivity contribution in [3.63, 3.8) is 0 Å². The Morgan fingerprint density at radius 3 is 2.87 bits per heavy atom. The van der Waals surface area contributed by atoms with Crippen LogP contribution in [0.5, 0.6) is 5.75 Å². The Bertz CT molecular complexity index is 1070. The van der Waals surface area contributed by atoms with E-state index < -0.39 is 0 Å². The van der Waals surface area contributed by atoms with E-state index in [-0.39, 0.29) is 11.2 Å². The molecule has 3 heterocycles. The zero-order valence-electron chi connectivity index (χ0n) is 17.8. The molecule has 0 saturated carbocycles. The fourth-order valence-corrected chi connectivity index (χ4v) is 4.29. The predicted molar refractivity (Wildman–Crippen MR) is 125 cm³/mol. The number of nitrogens with zero attached hydrogens (tertiary/aromatic N) is 4. The zero-order valence-corrected chi connectivity index (χ0v) is 18.6. The lowest BCUT2D eigenvalue weighted by molar-refractivity contribution is -0.116. The Hall–Kier alpha value is -3.13. The minimum Gasteiger partial charge on any atom is -0.489 e. The maximum Gasteiger partial charge on any atom is 0.224 e. The molecule has 1 aliphatic rings. The Morgan fingerprint density at radius 2 is 2.13 bits per heavy atom. The molecule has 2 aromatic heterocycles. The maximum atomic E-state index is 12.0. The molecule has 1 amide bonds. The summed E-state index contributed by atoms with van der Waals surface area (Å²) in [7, 11) is 0. The summed E-state index contributed by atoms with van der Waals surface area (Å²) in [6, 6.07) is 11.9. The van der Waals surface area contributed by atoms with Crippen molar-refractivity contribution in [1.29, 1.82) is 0 Å². The van der Waals surface area contributed by atoms with E-state index in [1.54, 1.807) is 29.9 Å². The van der Waals surface area contributed by atoms with Gasteiger partial charge < -0.3 is 15.0 Å². The standard InChI is InChI=1S/C23H25N5O2S/c1-15-7-8-17(12-24-15)19-11-22(27-14-26-19)25-13-21(31-3)18-5-4-6-20-23(18)30-10-9-28(20)16(2)29/h4-8,11-12,14,21H,9-10,13H2,1-3H3,(H,25,26,27). The number of anilines is 2. The van der Waals surface area contributed by atoms with Gasteiger partial charge in [-0.15, -0.1) is 0 Å². The van der Waals surface area contributed by atoms with Crippen LogP contribution >= 0.6 is 11.8 Å². The van der Waals surface area contributed by atoms with Crippen molar-refractivity contribution in [3.8, 4) is 17.0 Å². The van der Waals surface area contributed by atoms with E-state index in [9.17, 15) is 4.79 Å². The Kier molecular flexibility index (Phi) is 6.36. The van der Waals surface area contributed by atoms with Crippen LogP contribution in [0.15, 0.2) is 48.9 Å². The highest BCUT2D eigenvalue weighted by atomic mass is 32.2. The van der Waals surface area contributed by atoms with Gasteiger partial charge in [-0.05, 0) is 31.4 Å². The second-order valence-electron chi connectivity index (χ2n) is 7.30. The van der Waals surface area contributed by atoms with E-state index in [0.29, 0.717) is 19.7 Å². The molecule has 0 aliphatic carbocycles. The molecule has 0 fully saturated rings. The maximum absolute atomic E-state index is 12.0. The first-order valence-electron chi connectivity index (χ1n) is 10.1. The van der Waals surface area contributed by atoms with Gasteiger partial charge in [-0.25, -0.2) is 9.97 Å². The topological polar surface area (TPSA) is 80.2 Å². The van der Waals surface area contributed by atoms with Gasteiger partial charge >= 0.3 is 0 Å². The molecular formula is C23H25N5O2S. The third kappa shape index (κ3) is 4.64. The van der Waals surface area contributed by atoms with Gasteiger partial charge in [-0.2, -0.15) is 11.8 Å². The van der Waals surface area contributed by atoms with E-state index in [1.807, 2.05) is 43.5 Å². The molecule has 4 rings (SSSR count). The number of pyridine rings is 1. The summed E-state index contributed by atoms with van der Waals surface area (Å²) in [4.78, 5) is 26.9. The fraction of sp³-hybridized carbons (Fsp3) is 0.304. The first-order valence-corrected chi connectivity index (χ1v) is 11.4. The molecular weight excluding hydrogens is 410 g/mol. The van der Waals surface area contributed by atoms with Gasteiger partial charge in [-0.1, -0.05) is 12.1 Å². The number of ether oxygens (including phenoxy) is 1. The third-order valence-electron chi connectivity index (χ3n) is 5.23. The molecule has 0 saturated heterocycles. The summed E-state index contributed by atoms with van der Waals surface area (Å²) < 4.78 is 5.99. The SMILES string of the molecule is CSC(CNc1cc(-c2ccc(C)nc2)ncn1)c1cccc2c1OCCN2C(C)=O. The van der Waals surface area contributed by atoms with Gasteiger partial charge in [0.05, 0.1) is 23.2 Å². The number of thioether (sulfide) groups is 1. The molecule has 0 radical (unpaired) electrons. The van der Waals surface area contributed by atoms with Crippen LogP contribution in [-0.2, 0) is 4.79 Å². The Labute approximate surface area is 186 Å². The minimum absolute atomic E-state index is 0.0274. The second kappa shape index (κ2) is 9.34. The van der Waals surface area contributed by atoms with Crippen molar-refractivity contribution >= 4 is 29.2 Å². The molecule has 31 heavy (non-hydrogen) atoms. The number of amides is 1. The molecule has 1 N–H and O–H groups in total. The highest BCUT2D eigenvalue weighted by molar-refractivity contribution is 7.98.